The molecule has 0 aromatic carbocycles. The van der Waals surface area contributed by atoms with E-state index in [2.05, 4.69) is 123 Å². The Hall–Kier alpha value is -4.05. The van der Waals surface area contributed by atoms with Gasteiger partial charge < -0.3 is 28.5 Å². The lowest BCUT2D eigenvalue weighted by molar-refractivity contribution is -0.870. The molecule has 0 spiro atoms. The third kappa shape index (κ3) is 79.2. The summed E-state index contributed by atoms with van der Waals surface area (Å²) in [6, 6.07) is 0. The second-order valence-electron chi connectivity index (χ2n) is 28.7. The molecule has 0 aromatic heterocycles. The fraction of sp³-hybridized carbons (Fsp3) is 0.761. The van der Waals surface area contributed by atoms with Crippen molar-refractivity contribution in [3.05, 3.63) is 109 Å². The first-order valence-electron chi connectivity index (χ1n) is 41.1. The van der Waals surface area contributed by atoms with Crippen molar-refractivity contribution in [1.29, 1.82) is 0 Å². The Labute approximate surface area is 600 Å². The molecule has 0 aliphatic heterocycles. The molecule has 560 valence electrons. The Morgan fingerprint density at radius 1 is 0.320 bits per heavy atom. The van der Waals surface area contributed by atoms with Crippen LogP contribution in [-0.4, -0.2) is 87.4 Å². The first-order valence-corrected chi connectivity index (χ1v) is 41.1. The monoisotopic (exact) mass is 1360 g/mol. The third-order valence-electron chi connectivity index (χ3n) is 18.0. The highest BCUT2D eigenvalue weighted by molar-refractivity contribution is 5.71. The summed E-state index contributed by atoms with van der Waals surface area (Å²) in [5.41, 5.74) is 0. The van der Waals surface area contributed by atoms with Crippen molar-refractivity contribution in [3.63, 3.8) is 0 Å². The Balaban J connectivity index is 4.01. The van der Waals surface area contributed by atoms with E-state index >= 15 is 0 Å². The van der Waals surface area contributed by atoms with E-state index in [1.807, 2.05) is 21.1 Å². The van der Waals surface area contributed by atoms with Crippen LogP contribution in [0.3, 0.4) is 0 Å². The van der Waals surface area contributed by atoms with Gasteiger partial charge in [0.25, 0.3) is 6.29 Å². The average Bonchev–Trinajstić information content (AvgIpc) is 3.27. The van der Waals surface area contributed by atoms with E-state index in [1.54, 1.807) is 0 Å². The van der Waals surface area contributed by atoms with Crippen LogP contribution in [0.4, 0.5) is 0 Å². The van der Waals surface area contributed by atoms with Gasteiger partial charge in [0, 0.05) is 12.8 Å². The van der Waals surface area contributed by atoms with Gasteiger partial charge in [0.15, 0.2) is 6.10 Å². The summed E-state index contributed by atoms with van der Waals surface area (Å²) in [6.45, 7) is 4.81. The summed E-state index contributed by atoms with van der Waals surface area (Å²) in [4.78, 5) is 37.8. The summed E-state index contributed by atoms with van der Waals surface area (Å²) < 4.78 is 23.1. The zero-order chi connectivity index (χ0) is 70.4. The molecule has 0 amide bonds. The Bertz CT molecular complexity index is 1970. The number of allylic oxidation sites excluding steroid dienone is 18. The van der Waals surface area contributed by atoms with Gasteiger partial charge in [-0.1, -0.05) is 367 Å². The molecule has 97 heavy (non-hydrogen) atoms. The number of hydrogen-bond donors (Lipinski definition) is 1. The average molecular weight is 1360 g/mol. The van der Waals surface area contributed by atoms with Crippen molar-refractivity contribution in [2.45, 2.75) is 386 Å². The van der Waals surface area contributed by atoms with Crippen LogP contribution in [0, 0.1) is 0 Å². The molecule has 0 bridgehead atoms. The number of carbonyl (C=O) groups excluding carboxylic acids is 2. The van der Waals surface area contributed by atoms with Gasteiger partial charge in [-0.25, -0.2) is 4.79 Å². The maximum absolute atomic E-state index is 13.0. The largest absolute Gasteiger partial charge is 0.477 e. The number of carbonyl (C=O) groups is 3. The number of carboxylic acid groups (broad SMARTS) is 1. The lowest BCUT2D eigenvalue weighted by Gasteiger charge is -2.25. The lowest BCUT2D eigenvalue weighted by atomic mass is 10.0. The van der Waals surface area contributed by atoms with Crippen LogP contribution in [0.2, 0.25) is 0 Å². The fourth-order valence-corrected chi connectivity index (χ4v) is 11.8. The Morgan fingerprint density at radius 2 is 0.588 bits per heavy atom. The van der Waals surface area contributed by atoms with Crippen molar-refractivity contribution in [1.82, 2.24) is 0 Å². The number of unbranched alkanes of at least 4 members (excludes halogenated alkanes) is 43. The summed E-state index contributed by atoms with van der Waals surface area (Å²) in [5.74, 6) is -1.99. The van der Waals surface area contributed by atoms with Gasteiger partial charge in [-0.3, -0.25) is 9.59 Å². The van der Waals surface area contributed by atoms with E-state index in [-0.39, 0.29) is 32.2 Å². The summed E-state index contributed by atoms with van der Waals surface area (Å²) in [7, 11) is 5.99. The number of rotatable bonds is 76. The molecule has 9 nitrogen and oxygen atoms in total. The molecule has 0 saturated carbocycles. The first-order chi connectivity index (χ1) is 47.6. The van der Waals surface area contributed by atoms with Crippen molar-refractivity contribution in [2.75, 3.05) is 47.5 Å². The van der Waals surface area contributed by atoms with Gasteiger partial charge in [0.05, 0.1) is 34.4 Å². The minimum absolute atomic E-state index is 0.181. The van der Waals surface area contributed by atoms with Crippen LogP contribution in [0.25, 0.3) is 0 Å². The summed E-state index contributed by atoms with van der Waals surface area (Å²) >= 11 is 0. The highest BCUT2D eigenvalue weighted by Crippen LogP contribution is 2.19. The van der Waals surface area contributed by atoms with Crippen LogP contribution in [0.5, 0.6) is 0 Å². The standard InChI is InChI=1S/C88H155NO8/c1-6-8-10-12-14-16-18-20-22-24-26-28-30-32-34-36-38-39-40-41-42-43-44-45-46-47-49-51-53-55-57-59-61-63-65-67-69-71-73-75-77-79-86(91)97-84(83-96-88(87(92)93)94-81-80-89(3,4)5)82-95-85(90)78-76-74-72-70-68-66-64-62-60-58-56-54-52-50-48-37-35-33-31-29-27-25-23-21-19-17-15-13-11-9-7-2/h8,10,14,16,20,22,25-28,32,34,38-39,41-42,44-45,84,88H,6-7,9,11-13,15,17-19,21,23-24,29-31,33,35-37,40,43,46-83H2,1-5H3/p+1/b10-8-,16-14-,22-20-,27-25-,28-26-,34-32-,39-38-,42-41-,45-44-. The SMILES string of the molecule is CC/C=C\C/C=C\C/C=C\C/C=C\C/C=C\C/C=C\C/C=C\C/C=C\CCCCCCCCCCCCCCCCCCC(=O)OC(COC(=O)CCCCCCCCCCCCCCCCCCCCC/C=C\CCCCCCCCCC)COC(OCC[N+](C)(C)C)C(=O)O. The van der Waals surface area contributed by atoms with Crippen LogP contribution < -0.4 is 0 Å². The predicted molar refractivity (Wildman–Crippen MR) is 419 cm³/mol. The van der Waals surface area contributed by atoms with Gasteiger partial charge >= 0.3 is 17.9 Å². The molecular weight excluding hydrogens is 1200 g/mol. The smallest absolute Gasteiger partial charge is 0.361 e. The Kier molecular flexibility index (Phi) is 74.4. The number of hydrogen-bond acceptors (Lipinski definition) is 7. The molecule has 2 atom stereocenters. The van der Waals surface area contributed by atoms with Crippen molar-refractivity contribution in [3.8, 4) is 0 Å². The number of quaternary nitrogens is 1. The molecule has 0 saturated heterocycles. The molecule has 1 N–H and O–H groups in total. The van der Waals surface area contributed by atoms with Crippen molar-refractivity contribution < 1.29 is 42.9 Å². The van der Waals surface area contributed by atoms with Gasteiger partial charge in [-0.05, 0) is 103 Å². The molecule has 2 unspecified atom stereocenters. The molecule has 0 radical (unpaired) electrons. The van der Waals surface area contributed by atoms with Gasteiger partial charge in [0.2, 0.25) is 0 Å². The van der Waals surface area contributed by atoms with E-state index in [9.17, 15) is 19.5 Å². The van der Waals surface area contributed by atoms with E-state index in [4.69, 9.17) is 18.9 Å². The zero-order valence-corrected chi connectivity index (χ0v) is 64.2. The number of nitrogens with zero attached hydrogens (tertiary/aromatic N) is 1. The molecule has 0 fully saturated rings. The molecule has 0 heterocycles. The summed E-state index contributed by atoms with van der Waals surface area (Å²) in [6.07, 6.45) is 107. The van der Waals surface area contributed by atoms with E-state index < -0.39 is 24.3 Å². The molecule has 9 heteroatoms. The van der Waals surface area contributed by atoms with Crippen LogP contribution in [0.15, 0.2) is 109 Å². The fourth-order valence-electron chi connectivity index (χ4n) is 11.8. The number of esters is 2. The number of ether oxygens (including phenoxy) is 4. The normalized spacial score (nSPS) is 13.2. The maximum Gasteiger partial charge on any atom is 0.361 e. The van der Waals surface area contributed by atoms with E-state index in [0.717, 1.165) is 89.9 Å². The van der Waals surface area contributed by atoms with Crippen LogP contribution in [0.1, 0.15) is 373 Å². The highest BCUT2D eigenvalue weighted by Gasteiger charge is 2.25. The van der Waals surface area contributed by atoms with Crippen LogP contribution >= 0.6 is 0 Å². The second-order valence-corrected chi connectivity index (χ2v) is 28.7. The first kappa shape index (κ1) is 93.0. The van der Waals surface area contributed by atoms with Crippen LogP contribution in [-0.2, 0) is 33.3 Å². The van der Waals surface area contributed by atoms with E-state index in [0.29, 0.717) is 17.4 Å². The minimum atomic E-state index is -1.51. The van der Waals surface area contributed by atoms with Gasteiger partial charge in [-0.2, -0.15) is 0 Å². The number of carboxylic acids is 1. The molecule has 0 aliphatic rings. The third-order valence-corrected chi connectivity index (χ3v) is 18.0. The molecular formula is C88H156NO8+. The minimum Gasteiger partial charge on any atom is -0.477 e. The van der Waals surface area contributed by atoms with Gasteiger partial charge in [0.1, 0.15) is 13.2 Å². The highest BCUT2D eigenvalue weighted by atomic mass is 16.7. The number of likely N-dealkylation sites (N-methyl/N-ethyl adjacent to an activating group) is 1. The Morgan fingerprint density at radius 3 is 0.887 bits per heavy atom. The molecule has 0 aromatic rings. The predicted octanol–water partition coefficient (Wildman–Crippen LogP) is 26.5. The number of aliphatic carboxylic acids is 1. The second kappa shape index (κ2) is 77.7. The molecule has 0 rings (SSSR count). The van der Waals surface area contributed by atoms with Crippen molar-refractivity contribution >= 4 is 17.9 Å². The van der Waals surface area contributed by atoms with Crippen molar-refractivity contribution in [2.24, 2.45) is 0 Å². The summed E-state index contributed by atoms with van der Waals surface area (Å²) in [5, 5.41) is 9.78. The maximum atomic E-state index is 13.0. The lowest BCUT2D eigenvalue weighted by Crippen LogP contribution is -2.40. The van der Waals surface area contributed by atoms with E-state index in [1.165, 1.54) is 257 Å². The molecule has 0 aliphatic carbocycles. The topological polar surface area (TPSA) is 108 Å². The zero-order valence-electron chi connectivity index (χ0n) is 64.2. The quantitative estimate of drug-likeness (QED) is 0.0211. The van der Waals surface area contributed by atoms with Gasteiger partial charge in [-0.15, -0.1) is 0 Å².